The molecule has 0 aromatic carbocycles. The average molecular weight is 186 g/mol. The van der Waals surface area contributed by atoms with Crippen LogP contribution in [0.5, 0.6) is 0 Å². The molecule has 0 aliphatic rings. The molecular weight excluding hydrogens is 172 g/mol. The Labute approximate surface area is 77.3 Å². The van der Waals surface area contributed by atoms with Crippen LogP contribution >= 0.6 is 11.3 Å². The first-order valence-corrected chi connectivity index (χ1v) is 4.70. The number of carbonyl (C=O) groups is 1. The zero-order valence-corrected chi connectivity index (χ0v) is 8.23. The Morgan fingerprint density at radius 3 is 2.83 bits per heavy atom. The summed E-state index contributed by atoms with van der Waals surface area (Å²) in [4.78, 5) is 14.9. The molecule has 12 heavy (non-hydrogen) atoms. The van der Waals surface area contributed by atoms with E-state index in [2.05, 4.69) is 24.1 Å². The van der Waals surface area contributed by atoms with Crippen LogP contribution in [-0.4, -0.2) is 10.9 Å². The Balaban J connectivity index is 0.00000144. The van der Waals surface area contributed by atoms with E-state index < -0.39 is 0 Å². The molecule has 0 aliphatic carbocycles. The molecule has 68 valence electrons. The Bertz CT molecular complexity index is 285. The first-order chi connectivity index (χ1) is 5.59. The predicted octanol–water partition coefficient (Wildman–Crippen LogP) is 2.47. The van der Waals surface area contributed by atoms with E-state index in [0.29, 0.717) is 11.0 Å². The summed E-state index contributed by atoms with van der Waals surface area (Å²) < 4.78 is 0. The average Bonchev–Trinajstić information content (AvgIpc) is 2.34. The van der Waals surface area contributed by atoms with Gasteiger partial charge in [-0.15, -0.1) is 11.3 Å². The topological polar surface area (TPSA) is 42.0 Å². The van der Waals surface area contributed by atoms with Crippen molar-refractivity contribution in [1.29, 1.82) is 0 Å². The van der Waals surface area contributed by atoms with Gasteiger partial charge >= 0.3 is 0 Å². The number of hydrogen-bond donors (Lipinski definition) is 1. The van der Waals surface area contributed by atoms with E-state index in [1.165, 1.54) is 18.3 Å². The van der Waals surface area contributed by atoms with E-state index in [0.717, 1.165) is 5.69 Å². The fourth-order valence-corrected chi connectivity index (χ4v) is 1.68. The molecule has 0 saturated carbocycles. The lowest BCUT2D eigenvalue weighted by molar-refractivity contribution is -0.114. The maximum atomic E-state index is 10.6. The van der Waals surface area contributed by atoms with Crippen LogP contribution in [0.3, 0.4) is 0 Å². The molecule has 4 heteroatoms. The fourth-order valence-electron chi connectivity index (χ4n) is 0.759. The number of nitrogens with zero attached hydrogens (tertiary/aromatic N) is 1. The van der Waals surface area contributed by atoms with Gasteiger partial charge in [-0.25, -0.2) is 4.98 Å². The van der Waals surface area contributed by atoms with Gasteiger partial charge in [0.2, 0.25) is 5.91 Å². The Hall–Kier alpha value is -0.900. The van der Waals surface area contributed by atoms with E-state index in [-0.39, 0.29) is 7.33 Å². The molecule has 0 aliphatic heterocycles. The van der Waals surface area contributed by atoms with Crippen LogP contribution < -0.4 is 5.32 Å². The zero-order chi connectivity index (χ0) is 9.14. The van der Waals surface area contributed by atoms with Gasteiger partial charge in [-0.2, -0.15) is 0 Å². The second kappa shape index (κ2) is 3.67. The lowest BCUT2D eigenvalue weighted by Gasteiger charge is -1.97. The Morgan fingerprint density at radius 1 is 1.75 bits per heavy atom. The van der Waals surface area contributed by atoms with Crippen molar-refractivity contribution in [1.82, 2.24) is 4.98 Å². The Kier molecular flexibility index (Phi) is 2.81. The van der Waals surface area contributed by atoms with Gasteiger partial charge in [-0.1, -0.05) is 13.8 Å². The number of rotatable bonds is 2. The summed E-state index contributed by atoms with van der Waals surface area (Å²) in [5, 5.41) is 5.30. The first-order valence-electron chi connectivity index (χ1n) is 3.82. The van der Waals surface area contributed by atoms with Crippen molar-refractivity contribution in [3.63, 3.8) is 0 Å². The second-order valence-electron chi connectivity index (χ2n) is 2.91. The minimum Gasteiger partial charge on any atom is -0.302 e. The van der Waals surface area contributed by atoms with Crippen molar-refractivity contribution in [3.8, 4) is 0 Å². The third kappa shape index (κ3) is 2.30. The normalized spacial score (nSPS) is 10.3. The van der Waals surface area contributed by atoms with Crippen LogP contribution in [0.4, 0.5) is 5.13 Å². The molecule has 1 aromatic rings. The summed E-state index contributed by atoms with van der Waals surface area (Å²) in [6.07, 6.45) is 0. The monoisotopic (exact) mass is 186 g/mol. The molecule has 1 aromatic heterocycles. The van der Waals surface area contributed by atoms with Crippen molar-refractivity contribution in [2.45, 2.75) is 26.7 Å². The maximum absolute atomic E-state index is 10.6. The van der Waals surface area contributed by atoms with Gasteiger partial charge in [0.1, 0.15) is 0 Å². The molecule has 0 fully saturated rings. The zero-order valence-electron chi connectivity index (χ0n) is 7.42. The number of hydrogen-bond acceptors (Lipinski definition) is 3. The van der Waals surface area contributed by atoms with E-state index in [9.17, 15) is 4.79 Å². The summed E-state index contributed by atoms with van der Waals surface area (Å²) in [7, 11) is 0. The van der Waals surface area contributed by atoms with Crippen LogP contribution in [0, 0.1) is 0 Å². The standard InChI is InChI=1S/C8H12N2OS.H2/c1-5(2)7-4-12-8(10-7)9-6(3)11;/h4-5H,1-3H3,(H,9,10,11);1H. The molecule has 3 nitrogen and oxygen atoms in total. The molecule has 1 N–H and O–H groups in total. The minimum absolute atomic E-state index is 0. The summed E-state index contributed by atoms with van der Waals surface area (Å²) >= 11 is 1.46. The molecule has 0 radical (unpaired) electrons. The number of aromatic nitrogens is 1. The largest absolute Gasteiger partial charge is 0.302 e. The number of amides is 1. The second-order valence-corrected chi connectivity index (χ2v) is 3.77. The molecule has 1 amide bonds. The summed E-state index contributed by atoms with van der Waals surface area (Å²) in [6.45, 7) is 5.63. The van der Waals surface area contributed by atoms with E-state index in [1.54, 1.807) is 0 Å². The quantitative estimate of drug-likeness (QED) is 0.771. The molecule has 1 rings (SSSR count). The summed E-state index contributed by atoms with van der Waals surface area (Å²) in [5.74, 6) is 0.350. The number of nitrogens with one attached hydrogen (secondary N) is 1. The van der Waals surface area contributed by atoms with Crippen LogP contribution in [-0.2, 0) is 4.79 Å². The molecule has 0 atom stereocenters. The smallest absolute Gasteiger partial charge is 0.223 e. The van der Waals surface area contributed by atoms with Crippen molar-refractivity contribution in [2.24, 2.45) is 0 Å². The highest BCUT2D eigenvalue weighted by Crippen LogP contribution is 2.20. The van der Waals surface area contributed by atoms with Crippen molar-refractivity contribution >= 4 is 22.4 Å². The van der Waals surface area contributed by atoms with Gasteiger partial charge in [0.05, 0.1) is 5.69 Å². The van der Waals surface area contributed by atoms with Gasteiger partial charge in [0.25, 0.3) is 0 Å². The van der Waals surface area contributed by atoms with E-state index in [4.69, 9.17) is 0 Å². The van der Waals surface area contributed by atoms with Crippen molar-refractivity contribution in [2.75, 3.05) is 5.32 Å². The summed E-state index contributed by atoms with van der Waals surface area (Å²) in [6, 6.07) is 0. The fraction of sp³-hybridized carbons (Fsp3) is 0.500. The lowest BCUT2D eigenvalue weighted by Crippen LogP contribution is -2.05. The predicted molar refractivity (Wildman–Crippen MR) is 52.6 cm³/mol. The highest BCUT2D eigenvalue weighted by atomic mass is 32.1. The van der Waals surface area contributed by atoms with Gasteiger partial charge in [0, 0.05) is 13.7 Å². The molecule has 1 heterocycles. The SMILES string of the molecule is CC(=O)Nc1nc(C(C)C)cs1.[HH]. The molecular formula is C8H14N2OS. The van der Waals surface area contributed by atoms with E-state index in [1.807, 2.05) is 5.38 Å². The third-order valence-corrected chi connectivity index (χ3v) is 2.17. The number of anilines is 1. The third-order valence-electron chi connectivity index (χ3n) is 1.40. The maximum Gasteiger partial charge on any atom is 0.223 e. The van der Waals surface area contributed by atoms with Crippen LogP contribution in [0.1, 0.15) is 33.8 Å². The first kappa shape index (κ1) is 9.19. The van der Waals surface area contributed by atoms with Crippen molar-refractivity contribution in [3.05, 3.63) is 11.1 Å². The van der Waals surface area contributed by atoms with Crippen LogP contribution in [0.15, 0.2) is 5.38 Å². The van der Waals surface area contributed by atoms with Gasteiger partial charge in [-0.05, 0) is 5.92 Å². The molecule has 0 bridgehead atoms. The van der Waals surface area contributed by atoms with Crippen molar-refractivity contribution < 1.29 is 6.22 Å². The van der Waals surface area contributed by atoms with Crippen LogP contribution in [0.25, 0.3) is 0 Å². The van der Waals surface area contributed by atoms with Gasteiger partial charge in [-0.3, -0.25) is 4.79 Å². The molecule has 0 saturated heterocycles. The molecule has 0 spiro atoms. The Morgan fingerprint density at radius 2 is 2.42 bits per heavy atom. The van der Waals surface area contributed by atoms with Gasteiger partial charge in [0.15, 0.2) is 5.13 Å². The lowest BCUT2D eigenvalue weighted by atomic mass is 10.2. The van der Waals surface area contributed by atoms with E-state index >= 15 is 0 Å². The van der Waals surface area contributed by atoms with Crippen LogP contribution in [0.2, 0.25) is 0 Å². The molecule has 0 unspecified atom stereocenters. The highest BCUT2D eigenvalue weighted by molar-refractivity contribution is 7.13. The van der Waals surface area contributed by atoms with Gasteiger partial charge < -0.3 is 5.32 Å². The highest BCUT2D eigenvalue weighted by Gasteiger charge is 2.05. The minimum atomic E-state index is -0.0698. The number of thiazole rings is 1. The number of carbonyl (C=O) groups excluding carboxylic acids is 1. The summed E-state index contributed by atoms with van der Waals surface area (Å²) in [5.41, 5.74) is 1.03.